The summed E-state index contributed by atoms with van der Waals surface area (Å²) in [4.78, 5) is 2.46. The Labute approximate surface area is 96.2 Å². The average Bonchev–Trinajstić information content (AvgIpc) is 2.23. The highest BCUT2D eigenvalue weighted by molar-refractivity contribution is 4.83. The van der Waals surface area contributed by atoms with Gasteiger partial charge in [-0.3, -0.25) is 4.90 Å². The Morgan fingerprint density at radius 1 is 1.20 bits per heavy atom. The third-order valence-electron chi connectivity index (χ3n) is 3.78. The van der Waals surface area contributed by atoms with Gasteiger partial charge in [0.2, 0.25) is 0 Å². The molecule has 0 aliphatic carbocycles. The van der Waals surface area contributed by atoms with Crippen LogP contribution in [0.15, 0.2) is 0 Å². The minimum Gasteiger partial charge on any atom is -0.329 e. The van der Waals surface area contributed by atoms with Crippen molar-refractivity contribution < 1.29 is 0 Å². The summed E-state index contributed by atoms with van der Waals surface area (Å²) in [5.74, 6) is 0. The Bertz CT molecular complexity index is 155. The van der Waals surface area contributed by atoms with Crippen molar-refractivity contribution in [2.45, 2.75) is 71.4 Å². The van der Waals surface area contributed by atoms with Gasteiger partial charge in [-0.1, -0.05) is 33.1 Å². The molecule has 15 heavy (non-hydrogen) atoms. The van der Waals surface area contributed by atoms with Crippen LogP contribution in [-0.2, 0) is 0 Å². The monoisotopic (exact) mass is 214 g/mol. The van der Waals surface area contributed by atoms with Crippen LogP contribution in [0, 0.1) is 0 Å². The molecule has 0 bridgehead atoms. The van der Waals surface area contributed by atoms with Crippen LogP contribution < -0.4 is 5.73 Å². The second-order valence-electron chi connectivity index (χ2n) is 5.16. The molecule has 0 aromatic heterocycles. The van der Waals surface area contributed by atoms with Gasteiger partial charge < -0.3 is 5.73 Å². The van der Waals surface area contributed by atoms with Crippen molar-refractivity contribution in [3.05, 3.63) is 0 Å². The molecule has 0 saturated heterocycles. The van der Waals surface area contributed by atoms with Gasteiger partial charge in [0.1, 0.15) is 0 Å². The number of hydrogen-bond acceptors (Lipinski definition) is 2. The minimum absolute atomic E-state index is 0.274. The fourth-order valence-electron chi connectivity index (χ4n) is 1.84. The molecular weight excluding hydrogens is 184 g/mol. The van der Waals surface area contributed by atoms with Crippen LogP contribution in [0.5, 0.6) is 0 Å². The van der Waals surface area contributed by atoms with Gasteiger partial charge in [0.05, 0.1) is 0 Å². The lowest BCUT2D eigenvalue weighted by atomic mass is 9.95. The molecule has 0 aliphatic rings. The van der Waals surface area contributed by atoms with Crippen molar-refractivity contribution in [2.75, 3.05) is 13.6 Å². The van der Waals surface area contributed by atoms with E-state index in [1.165, 1.54) is 32.1 Å². The molecule has 1 unspecified atom stereocenters. The van der Waals surface area contributed by atoms with Gasteiger partial charge in [-0.15, -0.1) is 0 Å². The lowest BCUT2D eigenvalue weighted by Gasteiger charge is -2.40. The summed E-state index contributed by atoms with van der Waals surface area (Å²) in [6.45, 7) is 9.88. The third kappa shape index (κ3) is 4.98. The zero-order chi connectivity index (χ0) is 11.9. The van der Waals surface area contributed by atoms with E-state index in [0.717, 1.165) is 6.54 Å². The second kappa shape index (κ2) is 7.24. The topological polar surface area (TPSA) is 29.3 Å². The Morgan fingerprint density at radius 3 is 2.20 bits per heavy atom. The number of nitrogens with two attached hydrogens (primary N) is 1. The van der Waals surface area contributed by atoms with E-state index >= 15 is 0 Å². The van der Waals surface area contributed by atoms with Crippen molar-refractivity contribution in [3.8, 4) is 0 Å². The van der Waals surface area contributed by atoms with Gasteiger partial charge in [-0.2, -0.15) is 0 Å². The zero-order valence-corrected chi connectivity index (χ0v) is 11.3. The molecule has 0 spiro atoms. The van der Waals surface area contributed by atoms with Crippen LogP contribution in [0.4, 0.5) is 0 Å². The van der Waals surface area contributed by atoms with E-state index in [1.807, 2.05) is 0 Å². The fraction of sp³-hybridized carbons (Fsp3) is 1.00. The predicted molar refractivity (Wildman–Crippen MR) is 69.1 cm³/mol. The van der Waals surface area contributed by atoms with Gasteiger partial charge in [-0.05, 0) is 33.7 Å². The summed E-state index contributed by atoms with van der Waals surface area (Å²) >= 11 is 0. The van der Waals surface area contributed by atoms with E-state index in [-0.39, 0.29) is 5.54 Å². The quantitative estimate of drug-likeness (QED) is 0.629. The van der Waals surface area contributed by atoms with Gasteiger partial charge in [0, 0.05) is 18.1 Å². The molecule has 0 aromatic carbocycles. The molecular formula is C13H30N2. The van der Waals surface area contributed by atoms with Crippen LogP contribution in [0.3, 0.4) is 0 Å². The maximum Gasteiger partial charge on any atom is 0.0220 e. The van der Waals surface area contributed by atoms with Gasteiger partial charge in [0.15, 0.2) is 0 Å². The summed E-state index contributed by atoms with van der Waals surface area (Å²) in [5, 5.41) is 0. The molecule has 0 saturated carbocycles. The summed E-state index contributed by atoms with van der Waals surface area (Å²) in [7, 11) is 2.22. The number of unbranched alkanes of at least 4 members (excludes halogenated alkanes) is 2. The van der Waals surface area contributed by atoms with Crippen molar-refractivity contribution in [1.29, 1.82) is 0 Å². The van der Waals surface area contributed by atoms with Crippen LogP contribution in [-0.4, -0.2) is 30.1 Å². The normalized spacial score (nSPS) is 14.6. The summed E-state index contributed by atoms with van der Waals surface area (Å²) < 4.78 is 0. The van der Waals surface area contributed by atoms with Gasteiger partial charge in [0.25, 0.3) is 0 Å². The Balaban J connectivity index is 4.15. The molecule has 1 atom stereocenters. The minimum atomic E-state index is 0.274. The van der Waals surface area contributed by atoms with Crippen molar-refractivity contribution >= 4 is 0 Å². The number of rotatable bonds is 8. The summed E-state index contributed by atoms with van der Waals surface area (Å²) in [6, 6.07) is 0.548. The first-order chi connectivity index (χ1) is 6.99. The molecule has 0 radical (unpaired) electrons. The molecule has 0 heterocycles. The Hall–Kier alpha value is -0.0800. The lowest BCUT2D eigenvalue weighted by molar-refractivity contribution is 0.0941. The molecule has 2 N–H and O–H groups in total. The SMILES string of the molecule is CCCCCC(CN)N(C)C(C)(C)CC. The van der Waals surface area contributed by atoms with Gasteiger partial charge >= 0.3 is 0 Å². The fourth-order valence-corrected chi connectivity index (χ4v) is 1.84. The predicted octanol–water partition coefficient (Wildman–Crippen LogP) is 3.01. The third-order valence-corrected chi connectivity index (χ3v) is 3.78. The zero-order valence-electron chi connectivity index (χ0n) is 11.3. The molecule has 0 fully saturated rings. The van der Waals surface area contributed by atoms with Crippen molar-refractivity contribution in [2.24, 2.45) is 5.73 Å². The van der Waals surface area contributed by atoms with E-state index < -0.39 is 0 Å². The maximum absolute atomic E-state index is 5.87. The molecule has 0 aromatic rings. The van der Waals surface area contributed by atoms with E-state index in [0.29, 0.717) is 6.04 Å². The molecule has 92 valence electrons. The smallest absolute Gasteiger partial charge is 0.0220 e. The molecule has 0 amide bonds. The number of nitrogens with zero attached hydrogens (tertiary/aromatic N) is 1. The van der Waals surface area contributed by atoms with E-state index in [4.69, 9.17) is 5.73 Å². The Kier molecular flexibility index (Phi) is 7.20. The second-order valence-corrected chi connectivity index (χ2v) is 5.16. The van der Waals surface area contributed by atoms with Crippen LogP contribution in [0.2, 0.25) is 0 Å². The van der Waals surface area contributed by atoms with E-state index in [2.05, 4.69) is 39.6 Å². The standard InChI is InChI=1S/C13H30N2/c1-6-8-9-10-12(11-14)15(5)13(3,4)7-2/h12H,6-11,14H2,1-5H3. The average molecular weight is 214 g/mol. The number of hydrogen-bond donors (Lipinski definition) is 1. The van der Waals surface area contributed by atoms with Crippen LogP contribution >= 0.6 is 0 Å². The Morgan fingerprint density at radius 2 is 1.80 bits per heavy atom. The highest BCUT2D eigenvalue weighted by Crippen LogP contribution is 2.21. The molecule has 2 heteroatoms. The van der Waals surface area contributed by atoms with E-state index in [9.17, 15) is 0 Å². The largest absolute Gasteiger partial charge is 0.329 e. The maximum atomic E-state index is 5.87. The molecule has 2 nitrogen and oxygen atoms in total. The summed E-state index contributed by atoms with van der Waals surface area (Å²) in [6.07, 6.45) is 6.34. The first-order valence-electron chi connectivity index (χ1n) is 6.42. The number of likely N-dealkylation sites (N-methyl/N-ethyl adjacent to an activating group) is 1. The van der Waals surface area contributed by atoms with Crippen LogP contribution in [0.1, 0.15) is 59.8 Å². The first-order valence-corrected chi connectivity index (χ1v) is 6.42. The van der Waals surface area contributed by atoms with Gasteiger partial charge in [-0.25, -0.2) is 0 Å². The first kappa shape index (κ1) is 14.9. The van der Waals surface area contributed by atoms with Crippen molar-refractivity contribution in [1.82, 2.24) is 4.90 Å². The summed E-state index contributed by atoms with van der Waals surface area (Å²) in [5.41, 5.74) is 6.14. The van der Waals surface area contributed by atoms with Crippen molar-refractivity contribution in [3.63, 3.8) is 0 Å². The lowest BCUT2D eigenvalue weighted by Crippen LogP contribution is -2.49. The van der Waals surface area contributed by atoms with E-state index in [1.54, 1.807) is 0 Å². The van der Waals surface area contributed by atoms with Crippen LogP contribution in [0.25, 0.3) is 0 Å². The highest BCUT2D eigenvalue weighted by Gasteiger charge is 2.26. The molecule has 0 rings (SSSR count). The highest BCUT2D eigenvalue weighted by atomic mass is 15.2. The molecule has 0 aliphatic heterocycles.